The maximum Gasteiger partial charge on any atom is 0.269 e. The third-order valence-electron chi connectivity index (χ3n) is 6.09. The average Bonchev–Trinajstić information content (AvgIpc) is 2.98. The van der Waals surface area contributed by atoms with Crippen molar-refractivity contribution in [3.8, 4) is 0 Å². The molecule has 43 heavy (non-hydrogen) atoms. The topological polar surface area (TPSA) is 163 Å². The predicted molar refractivity (Wildman–Crippen MR) is 164 cm³/mol. The van der Waals surface area contributed by atoms with Crippen molar-refractivity contribution in [3.05, 3.63) is 46.5 Å². The first-order valence-corrected chi connectivity index (χ1v) is 14.6. The molecule has 1 fully saturated rings. The molecule has 0 unspecified atom stereocenters. The number of nitrogens with one attached hydrogen (secondary N) is 3. The lowest BCUT2D eigenvalue weighted by Gasteiger charge is -2.29. The molecule has 15 heteroatoms. The van der Waals surface area contributed by atoms with Gasteiger partial charge in [-0.1, -0.05) is 6.58 Å². The highest BCUT2D eigenvalue weighted by Crippen LogP contribution is 2.15. The summed E-state index contributed by atoms with van der Waals surface area (Å²) in [5.41, 5.74) is 0.869. The van der Waals surface area contributed by atoms with Crippen molar-refractivity contribution in [1.29, 1.82) is 0 Å². The number of hydrogen-bond acceptors (Lipinski definition) is 10. The summed E-state index contributed by atoms with van der Waals surface area (Å²) in [6.45, 7) is 10.2. The van der Waals surface area contributed by atoms with Gasteiger partial charge in [-0.25, -0.2) is 0 Å². The predicted octanol–water partition coefficient (Wildman–Crippen LogP) is 1.65. The molecule has 1 atom stereocenters. The van der Waals surface area contributed by atoms with Crippen LogP contribution in [-0.4, -0.2) is 118 Å². The second-order valence-electron chi connectivity index (χ2n) is 9.52. The van der Waals surface area contributed by atoms with Crippen LogP contribution in [0.4, 0.5) is 11.4 Å². The van der Waals surface area contributed by atoms with E-state index in [9.17, 15) is 19.7 Å². The largest absolute Gasteiger partial charge is 0.377 e. The highest BCUT2D eigenvalue weighted by Gasteiger charge is 2.25. The van der Waals surface area contributed by atoms with Crippen LogP contribution in [0.3, 0.4) is 0 Å². The van der Waals surface area contributed by atoms with Crippen LogP contribution < -0.4 is 16.0 Å². The Labute approximate surface area is 257 Å². The van der Waals surface area contributed by atoms with Crippen molar-refractivity contribution >= 4 is 40.5 Å². The van der Waals surface area contributed by atoms with E-state index in [1.54, 1.807) is 11.8 Å². The SMILES string of the molecule is C=C(C)C(=O)NCCC[C@H](NC(=S)Nc1ccc([N+](=O)[O-])cc1)C(=O)N1CCOCCOCCOCCOCCOCC1. The Morgan fingerprint density at radius 2 is 1.42 bits per heavy atom. The first-order chi connectivity index (χ1) is 20.8. The van der Waals surface area contributed by atoms with E-state index in [2.05, 4.69) is 22.5 Å². The Hall–Kier alpha value is -3.21. The van der Waals surface area contributed by atoms with Gasteiger partial charge in [-0.05, 0) is 44.1 Å². The summed E-state index contributed by atoms with van der Waals surface area (Å²) < 4.78 is 27.8. The molecule has 1 saturated heterocycles. The maximum absolute atomic E-state index is 13.8. The van der Waals surface area contributed by atoms with Gasteiger partial charge in [0.1, 0.15) is 6.04 Å². The van der Waals surface area contributed by atoms with Crippen molar-refractivity contribution in [2.45, 2.75) is 25.8 Å². The van der Waals surface area contributed by atoms with Crippen LogP contribution in [0.5, 0.6) is 0 Å². The van der Waals surface area contributed by atoms with Crippen LogP contribution in [-0.2, 0) is 33.3 Å². The molecule has 0 saturated carbocycles. The number of carbonyl (C=O) groups excluding carboxylic acids is 2. The number of rotatable bonds is 9. The molecule has 0 aliphatic carbocycles. The van der Waals surface area contributed by atoms with Gasteiger partial charge in [0.25, 0.3) is 5.69 Å². The number of nitrogens with zero attached hydrogens (tertiary/aromatic N) is 2. The Morgan fingerprint density at radius 1 is 0.930 bits per heavy atom. The minimum Gasteiger partial charge on any atom is -0.377 e. The molecule has 0 spiro atoms. The smallest absolute Gasteiger partial charge is 0.269 e. The Kier molecular flexibility index (Phi) is 18.0. The lowest BCUT2D eigenvalue weighted by atomic mass is 10.1. The Bertz CT molecular complexity index is 1010. The summed E-state index contributed by atoms with van der Waals surface area (Å²) in [4.78, 5) is 37.8. The van der Waals surface area contributed by atoms with Gasteiger partial charge in [-0.2, -0.15) is 0 Å². The number of ether oxygens (including phenoxy) is 5. The van der Waals surface area contributed by atoms with Crippen molar-refractivity contribution in [2.24, 2.45) is 0 Å². The van der Waals surface area contributed by atoms with Crippen molar-refractivity contribution in [1.82, 2.24) is 15.5 Å². The van der Waals surface area contributed by atoms with Gasteiger partial charge in [0, 0.05) is 43.0 Å². The van der Waals surface area contributed by atoms with E-state index >= 15 is 0 Å². The molecule has 1 aromatic carbocycles. The van der Waals surface area contributed by atoms with Gasteiger partial charge >= 0.3 is 0 Å². The van der Waals surface area contributed by atoms with E-state index in [1.807, 2.05) is 0 Å². The fourth-order valence-corrected chi connectivity index (χ4v) is 4.05. The van der Waals surface area contributed by atoms with E-state index < -0.39 is 11.0 Å². The third-order valence-corrected chi connectivity index (χ3v) is 6.31. The lowest BCUT2D eigenvalue weighted by molar-refractivity contribution is -0.384. The van der Waals surface area contributed by atoms with Crippen LogP contribution >= 0.6 is 12.2 Å². The van der Waals surface area contributed by atoms with Gasteiger partial charge in [0.15, 0.2) is 5.11 Å². The van der Waals surface area contributed by atoms with Gasteiger partial charge in [-0.15, -0.1) is 0 Å². The van der Waals surface area contributed by atoms with Crippen molar-refractivity contribution in [3.63, 3.8) is 0 Å². The quantitative estimate of drug-likeness (QED) is 0.120. The molecule has 1 aliphatic heterocycles. The van der Waals surface area contributed by atoms with Crippen LogP contribution in [0.15, 0.2) is 36.4 Å². The fraction of sp³-hybridized carbons (Fsp3) is 0.607. The summed E-state index contributed by atoms with van der Waals surface area (Å²) >= 11 is 5.47. The molecule has 240 valence electrons. The van der Waals surface area contributed by atoms with Crippen LogP contribution in [0, 0.1) is 10.1 Å². The molecule has 0 bridgehead atoms. The Balaban J connectivity index is 2.05. The van der Waals surface area contributed by atoms with Gasteiger partial charge in [-0.3, -0.25) is 19.7 Å². The van der Waals surface area contributed by atoms with Gasteiger partial charge in [0.05, 0.1) is 71.0 Å². The number of hydrogen-bond donors (Lipinski definition) is 3. The monoisotopic (exact) mass is 625 g/mol. The second kappa shape index (κ2) is 21.5. The molecule has 0 aromatic heterocycles. The van der Waals surface area contributed by atoms with Crippen LogP contribution in [0.1, 0.15) is 19.8 Å². The first kappa shape index (κ1) is 36.0. The third kappa shape index (κ3) is 15.7. The number of carbonyl (C=O) groups is 2. The minimum absolute atomic E-state index is 0.0512. The maximum atomic E-state index is 13.8. The molecule has 0 radical (unpaired) electrons. The van der Waals surface area contributed by atoms with Gasteiger partial charge in [0.2, 0.25) is 11.8 Å². The molecule has 14 nitrogen and oxygen atoms in total. The van der Waals surface area contributed by atoms with E-state index in [4.69, 9.17) is 35.9 Å². The lowest BCUT2D eigenvalue weighted by Crippen LogP contribution is -2.51. The van der Waals surface area contributed by atoms with Crippen molar-refractivity contribution in [2.75, 3.05) is 91.0 Å². The van der Waals surface area contributed by atoms with Gasteiger partial charge < -0.3 is 44.5 Å². The van der Waals surface area contributed by atoms with E-state index in [0.29, 0.717) is 110 Å². The fourth-order valence-electron chi connectivity index (χ4n) is 3.79. The summed E-state index contributed by atoms with van der Waals surface area (Å²) in [5.74, 6) is -0.473. The number of benzene rings is 1. The molecule has 1 aliphatic rings. The zero-order chi connectivity index (χ0) is 31.3. The van der Waals surface area contributed by atoms with E-state index in [1.165, 1.54) is 24.3 Å². The Morgan fingerprint density at radius 3 is 1.88 bits per heavy atom. The molecular weight excluding hydrogens is 582 g/mol. The molecule has 2 amide bonds. The number of nitro groups is 1. The normalized spacial score (nSPS) is 17.0. The number of amides is 2. The van der Waals surface area contributed by atoms with Crippen LogP contribution in [0.25, 0.3) is 0 Å². The standard InChI is InChI=1S/C28H43N5O9S/c1-22(2)26(34)29-9-3-4-25(31-28(43)30-23-5-7-24(8-6-23)33(36)37)27(35)32-10-12-38-14-16-40-18-20-42-21-19-41-17-15-39-13-11-32/h5-8,25H,1,3-4,9-21H2,2H3,(H,29,34)(H2,30,31,43)/t25-/m0/s1. The highest BCUT2D eigenvalue weighted by molar-refractivity contribution is 7.80. The zero-order valence-electron chi connectivity index (χ0n) is 24.7. The first-order valence-electron chi connectivity index (χ1n) is 14.2. The molecule has 1 heterocycles. The number of non-ortho nitro benzene ring substituents is 1. The number of nitro benzene ring substituents is 1. The van der Waals surface area contributed by atoms with E-state index in [-0.39, 0.29) is 22.6 Å². The zero-order valence-corrected chi connectivity index (χ0v) is 25.5. The summed E-state index contributed by atoms with van der Waals surface area (Å²) in [6, 6.07) is 5.04. The average molecular weight is 626 g/mol. The number of anilines is 1. The molecule has 2 rings (SSSR count). The summed E-state index contributed by atoms with van der Waals surface area (Å²) in [6.07, 6.45) is 0.848. The number of thiocarbonyl (C=S) groups is 1. The molecular formula is C28H43N5O9S. The second-order valence-corrected chi connectivity index (χ2v) is 9.93. The minimum atomic E-state index is -0.732. The summed E-state index contributed by atoms with van der Waals surface area (Å²) in [7, 11) is 0. The summed E-state index contributed by atoms with van der Waals surface area (Å²) in [5, 5.41) is 19.9. The highest BCUT2D eigenvalue weighted by atomic mass is 32.1. The molecule has 1 aromatic rings. The molecule has 3 N–H and O–H groups in total. The van der Waals surface area contributed by atoms with Crippen molar-refractivity contribution < 1.29 is 38.2 Å². The van der Waals surface area contributed by atoms with Crippen LogP contribution in [0.2, 0.25) is 0 Å². The van der Waals surface area contributed by atoms with E-state index in [0.717, 1.165) is 0 Å².